The van der Waals surface area contributed by atoms with Crippen molar-refractivity contribution in [2.75, 3.05) is 0 Å². The van der Waals surface area contributed by atoms with Gasteiger partial charge in [-0.05, 0) is 146 Å². The van der Waals surface area contributed by atoms with Crippen LogP contribution in [0.4, 0.5) is 0 Å². The summed E-state index contributed by atoms with van der Waals surface area (Å²) < 4.78 is 0. The third kappa shape index (κ3) is 3.87. The second-order valence-corrected chi connectivity index (χ2v) is 12.6. The van der Waals surface area contributed by atoms with E-state index in [1.165, 1.54) is 97.7 Å². The predicted octanol–water partition coefficient (Wildman–Crippen LogP) is 13.1. The van der Waals surface area contributed by atoms with E-state index in [1.807, 2.05) is 0 Å². The summed E-state index contributed by atoms with van der Waals surface area (Å²) in [5.41, 5.74) is 5.03. The van der Waals surface area contributed by atoms with E-state index < -0.39 is 0 Å². The van der Waals surface area contributed by atoms with Gasteiger partial charge in [0.1, 0.15) is 0 Å². The van der Waals surface area contributed by atoms with Crippen LogP contribution in [0.2, 0.25) is 0 Å². The van der Waals surface area contributed by atoms with Gasteiger partial charge in [-0.1, -0.05) is 121 Å². The molecule has 10 aromatic rings. The van der Waals surface area contributed by atoms with Crippen LogP contribution in [0.1, 0.15) is 0 Å². The number of fused-ring (bicyclic) bond motifs is 9. The van der Waals surface area contributed by atoms with Crippen molar-refractivity contribution in [2.24, 2.45) is 0 Å². The number of hydrogen-bond donors (Lipinski definition) is 0. The zero-order chi connectivity index (χ0) is 30.2. The minimum atomic E-state index is 1.24. The SMILES string of the molecule is c1ccc2cc3c(cc(-c4ccc5ccc(-c6cc7cc8ccccc8cc7c7ccccc67)cc5c4)c4ccccc43)cc2c1. The first-order valence-electron chi connectivity index (χ1n) is 16.0. The first kappa shape index (κ1) is 25.4. The van der Waals surface area contributed by atoms with Gasteiger partial charge < -0.3 is 0 Å². The van der Waals surface area contributed by atoms with Crippen LogP contribution >= 0.6 is 0 Å². The molecule has 0 atom stereocenters. The van der Waals surface area contributed by atoms with Gasteiger partial charge in [-0.2, -0.15) is 0 Å². The minimum absolute atomic E-state index is 1.24. The van der Waals surface area contributed by atoms with Crippen molar-refractivity contribution in [3.8, 4) is 22.3 Å². The van der Waals surface area contributed by atoms with Crippen molar-refractivity contribution in [2.45, 2.75) is 0 Å². The fourth-order valence-corrected chi connectivity index (χ4v) is 7.65. The maximum Gasteiger partial charge on any atom is -0.00986 e. The second kappa shape index (κ2) is 9.76. The van der Waals surface area contributed by atoms with Gasteiger partial charge in [-0.15, -0.1) is 0 Å². The smallest absolute Gasteiger partial charge is 0.00986 e. The highest BCUT2D eigenvalue weighted by atomic mass is 14.2. The zero-order valence-electron chi connectivity index (χ0n) is 25.2. The van der Waals surface area contributed by atoms with Crippen molar-refractivity contribution >= 4 is 75.4 Å². The van der Waals surface area contributed by atoms with Crippen LogP contribution in [0.3, 0.4) is 0 Å². The molecule has 212 valence electrons. The standard InChI is InChI=1S/C46H28/c1-3-11-32-25-45-37(21-30(32)9-1)27-43(39-13-5-7-15-41(39)45)34-19-17-29-18-20-35(24-36(29)23-34)44-28-38-22-31-10-2-4-12-33(31)26-46(38)42-16-8-6-14-40(42)44/h1-28H. The molecule has 0 bridgehead atoms. The molecule has 0 aliphatic heterocycles. The van der Waals surface area contributed by atoms with Crippen LogP contribution in [0.25, 0.3) is 97.7 Å². The summed E-state index contributed by atoms with van der Waals surface area (Å²) in [6.07, 6.45) is 0. The lowest BCUT2D eigenvalue weighted by Crippen LogP contribution is -1.87. The molecular weight excluding hydrogens is 553 g/mol. The topological polar surface area (TPSA) is 0 Å². The molecule has 0 heteroatoms. The van der Waals surface area contributed by atoms with Crippen LogP contribution in [-0.2, 0) is 0 Å². The molecule has 0 N–H and O–H groups in total. The van der Waals surface area contributed by atoms with Gasteiger partial charge in [0.15, 0.2) is 0 Å². The summed E-state index contributed by atoms with van der Waals surface area (Å²) in [4.78, 5) is 0. The van der Waals surface area contributed by atoms with Crippen LogP contribution in [0.5, 0.6) is 0 Å². The Balaban J connectivity index is 1.19. The lowest BCUT2D eigenvalue weighted by molar-refractivity contribution is 1.68. The van der Waals surface area contributed by atoms with E-state index in [1.54, 1.807) is 0 Å². The van der Waals surface area contributed by atoms with E-state index in [4.69, 9.17) is 0 Å². The molecule has 46 heavy (non-hydrogen) atoms. The van der Waals surface area contributed by atoms with Gasteiger partial charge in [-0.25, -0.2) is 0 Å². The maximum absolute atomic E-state index is 2.39. The normalized spacial score (nSPS) is 11.9. The van der Waals surface area contributed by atoms with Gasteiger partial charge in [0.2, 0.25) is 0 Å². The second-order valence-electron chi connectivity index (χ2n) is 12.6. The van der Waals surface area contributed by atoms with Crippen molar-refractivity contribution in [1.29, 1.82) is 0 Å². The fourth-order valence-electron chi connectivity index (χ4n) is 7.65. The highest BCUT2D eigenvalue weighted by Gasteiger charge is 2.13. The van der Waals surface area contributed by atoms with Crippen molar-refractivity contribution < 1.29 is 0 Å². The minimum Gasteiger partial charge on any atom is -0.0616 e. The first-order chi connectivity index (χ1) is 22.8. The summed E-state index contributed by atoms with van der Waals surface area (Å²) >= 11 is 0. The monoisotopic (exact) mass is 580 g/mol. The zero-order valence-corrected chi connectivity index (χ0v) is 25.2. The van der Waals surface area contributed by atoms with E-state index in [0.717, 1.165) is 0 Å². The quantitative estimate of drug-likeness (QED) is 0.141. The Hall–Kier alpha value is -5.98. The Morgan fingerprint density at radius 3 is 1.04 bits per heavy atom. The van der Waals surface area contributed by atoms with Crippen LogP contribution in [-0.4, -0.2) is 0 Å². The average molecular weight is 581 g/mol. The molecule has 0 saturated heterocycles. The van der Waals surface area contributed by atoms with Gasteiger partial charge in [-0.3, -0.25) is 0 Å². The lowest BCUT2D eigenvalue weighted by Gasteiger charge is -2.14. The van der Waals surface area contributed by atoms with Crippen LogP contribution < -0.4 is 0 Å². The molecule has 0 heterocycles. The molecule has 0 saturated carbocycles. The molecule has 0 aliphatic carbocycles. The van der Waals surface area contributed by atoms with E-state index in [9.17, 15) is 0 Å². The third-order valence-electron chi connectivity index (χ3n) is 9.91. The molecule has 0 radical (unpaired) electrons. The molecular formula is C46H28. The van der Waals surface area contributed by atoms with Crippen LogP contribution in [0.15, 0.2) is 170 Å². The summed E-state index contributed by atoms with van der Waals surface area (Å²) in [5, 5.41) is 17.9. The molecule has 0 nitrogen and oxygen atoms in total. The summed E-state index contributed by atoms with van der Waals surface area (Å²) in [5.74, 6) is 0. The van der Waals surface area contributed by atoms with Gasteiger partial charge in [0.25, 0.3) is 0 Å². The largest absolute Gasteiger partial charge is 0.0616 e. The van der Waals surface area contributed by atoms with E-state index in [-0.39, 0.29) is 0 Å². The Morgan fingerprint density at radius 2 is 0.587 bits per heavy atom. The molecule has 0 unspecified atom stereocenters. The van der Waals surface area contributed by atoms with E-state index in [0.29, 0.717) is 0 Å². The molecule has 0 amide bonds. The third-order valence-corrected chi connectivity index (χ3v) is 9.91. The summed E-state index contributed by atoms with van der Waals surface area (Å²) in [6.45, 7) is 0. The Morgan fingerprint density at radius 1 is 0.196 bits per heavy atom. The van der Waals surface area contributed by atoms with Crippen molar-refractivity contribution in [1.82, 2.24) is 0 Å². The first-order valence-corrected chi connectivity index (χ1v) is 16.0. The molecule has 0 aliphatic rings. The maximum atomic E-state index is 2.39. The number of hydrogen-bond acceptors (Lipinski definition) is 0. The highest BCUT2D eigenvalue weighted by molar-refractivity contribution is 6.18. The number of benzene rings is 10. The molecule has 0 aromatic heterocycles. The predicted molar refractivity (Wildman–Crippen MR) is 200 cm³/mol. The Bertz CT molecular complexity index is 2660. The molecule has 10 rings (SSSR count). The molecule has 0 spiro atoms. The molecule has 0 fully saturated rings. The van der Waals surface area contributed by atoms with E-state index in [2.05, 4.69) is 170 Å². The summed E-state index contributed by atoms with van der Waals surface area (Å²) in [6, 6.07) is 63.1. The average Bonchev–Trinajstić information content (AvgIpc) is 3.12. The Labute approximate surface area is 266 Å². The van der Waals surface area contributed by atoms with E-state index >= 15 is 0 Å². The van der Waals surface area contributed by atoms with Crippen molar-refractivity contribution in [3.05, 3.63) is 170 Å². The van der Waals surface area contributed by atoms with Crippen molar-refractivity contribution in [3.63, 3.8) is 0 Å². The molecule has 10 aromatic carbocycles. The highest BCUT2D eigenvalue weighted by Crippen LogP contribution is 2.40. The van der Waals surface area contributed by atoms with Gasteiger partial charge in [0, 0.05) is 0 Å². The fraction of sp³-hybridized carbons (Fsp3) is 0. The summed E-state index contributed by atoms with van der Waals surface area (Å²) in [7, 11) is 0. The van der Waals surface area contributed by atoms with Gasteiger partial charge in [0.05, 0.1) is 0 Å². The van der Waals surface area contributed by atoms with Crippen LogP contribution in [0, 0.1) is 0 Å². The Kier molecular flexibility index (Phi) is 5.38. The lowest BCUT2D eigenvalue weighted by atomic mass is 9.89. The number of rotatable bonds is 2. The van der Waals surface area contributed by atoms with Gasteiger partial charge >= 0.3 is 0 Å².